The molecular formula is C40H38ClN7O4S. The molecule has 2 N–H and O–H groups in total. The first kappa shape index (κ1) is 36.1. The van der Waals surface area contributed by atoms with Crippen LogP contribution in [0.2, 0.25) is 5.02 Å². The first-order valence-electron chi connectivity index (χ1n) is 17.3. The second-order valence-electron chi connectivity index (χ2n) is 12.7. The Balaban J connectivity index is 0.827. The fourth-order valence-corrected chi connectivity index (χ4v) is 6.84. The summed E-state index contributed by atoms with van der Waals surface area (Å²) in [4.78, 5) is 26.4. The highest BCUT2D eigenvalue weighted by Crippen LogP contribution is 2.27. The van der Waals surface area contributed by atoms with Crippen molar-refractivity contribution in [1.29, 1.82) is 0 Å². The van der Waals surface area contributed by atoms with Gasteiger partial charge in [-0.05, 0) is 47.0 Å². The number of carbonyl (C=O) groups excluding carboxylic acids is 1. The predicted molar refractivity (Wildman–Crippen MR) is 206 cm³/mol. The Morgan fingerprint density at radius 3 is 2.34 bits per heavy atom. The van der Waals surface area contributed by atoms with E-state index in [0.717, 1.165) is 52.5 Å². The maximum absolute atomic E-state index is 12.7. The third-order valence-corrected chi connectivity index (χ3v) is 9.89. The number of hydrogen-bond acceptors (Lipinski definition) is 11. The molecule has 1 saturated heterocycles. The van der Waals surface area contributed by atoms with Crippen LogP contribution in [0.4, 0.5) is 0 Å². The van der Waals surface area contributed by atoms with E-state index in [1.165, 1.54) is 11.8 Å². The second kappa shape index (κ2) is 17.5. The number of piperazine rings is 1. The number of rotatable bonds is 14. The van der Waals surface area contributed by atoms with Crippen molar-refractivity contribution in [2.24, 2.45) is 5.10 Å². The lowest BCUT2D eigenvalue weighted by atomic mass is 10.1. The van der Waals surface area contributed by atoms with E-state index in [1.807, 2.05) is 84.2 Å². The maximum Gasteiger partial charge on any atom is 0.254 e. The van der Waals surface area contributed by atoms with Gasteiger partial charge in [0, 0.05) is 59.7 Å². The number of phenols is 1. The van der Waals surface area contributed by atoms with Crippen molar-refractivity contribution in [3.05, 3.63) is 141 Å². The van der Waals surface area contributed by atoms with Crippen molar-refractivity contribution in [2.75, 3.05) is 32.7 Å². The Morgan fingerprint density at radius 1 is 0.887 bits per heavy atom. The average Bonchev–Trinajstić information content (AvgIpc) is 3.85. The van der Waals surface area contributed by atoms with Crippen molar-refractivity contribution in [2.45, 2.75) is 26.2 Å². The van der Waals surface area contributed by atoms with Gasteiger partial charge in [0.2, 0.25) is 11.7 Å². The van der Waals surface area contributed by atoms with E-state index >= 15 is 0 Å². The molecule has 11 nitrogen and oxygen atoms in total. The lowest BCUT2D eigenvalue weighted by Gasteiger charge is -2.33. The lowest BCUT2D eigenvalue weighted by Crippen LogP contribution is -2.48. The lowest BCUT2D eigenvalue weighted by molar-refractivity contribution is -0.122. The number of nitrogens with zero attached hydrogens (tertiary/aromatic N) is 6. The summed E-state index contributed by atoms with van der Waals surface area (Å²) in [7, 11) is 0. The van der Waals surface area contributed by atoms with Crippen molar-refractivity contribution in [3.8, 4) is 28.4 Å². The zero-order valence-electron chi connectivity index (χ0n) is 28.9. The summed E-state index contributed by atoms with van der Waals surface area (Å²) in [6, 6.07) is 31.0. The van der Waals surface area contributed by atoms with E-state index in [4.69, 9.17) is 25.8 Å². The van der Waals surface area contributed by atoms with Gasteiger partial charge < -0.3 is 14.4 Å². The number of phenolic OH excluding ortho intramolecular Hbond substituents is 1. The van der Waals surface area contributed by atoms with Gasteiger partial charge in [0.05, 0.1) is 43.2 Å². The largest absolute Gasteiger partial charge is 0.507 e. The second-order valence-corrected chi connectivity index (χ2v) is 14.1. The number of hydrogen-bond donors (Lipinski definition) is 2. The minimum atomic E-state index is -0.226. The molecule has 53 heavy (non-hydrogen) atoms. The van der Waals surface area contributed by atoms with Crippen molar-refractivity contribution >= 4 is 35.1 Å². The standard InChI is InChI=1S/C40H38ClN7O4S/c41-34-13-8-30(9-14-34)26-51-25-29-6-10-31(11-7-29)40-44-38(52-46-40)24-48-18-16-47(17-19-48)23-37(50)45-42-22-33-21-32(12-15-36(33)49)35-27-53-39(43-35)20-28-4-2-1-3-5-28/h1-15,21-22,27,49H,16-20,23-26H2,(H,45,50)/b42-22+. The molecule has 2 aromatic heterocycles. The third-order valence-electron chi connectivity index (χ3n) is 8.79. The highest BCUT2D eigenvalue weighted by atomic mass is 35.5. The van der Waals surface area contributed by atoms with Crippen molar-refractivity contribution < 1.29 is 19.2 Å². The van der Waals surface area contributed by atoms with Crippen LogP contribution in [0.1, 0.15) is 33.2 Å². The Morgan fingerprint density at radius 2 is 1.58 bits per heavy atom. The molecule has 1 amide bonds. The topological polar surface area (TPSA) is 129 Å². The monoisotopic (exact) mass is 747 g/mol. The van der Waals surface area contributed by atoms with Crippen LogP contribution in [0.3, 0.4) is 0 Å². The molecule has 1 aliphatic rings. The van der Waals surface area contributed by atoms with E-state index in [1.54, 1.807) is 17.4 Å². The van der Waals surface area contributed by atoms with Crippen molar-refractivity contribution in [1.82, 2.24) is 30.4 Å². The summed E-state index contributed by atoms with van der Waals surface area (Å²) in [6.45, 7) is 4.68. The number of halogens is 1. The van der Waals surface area contributed by atoms with Gasteiger partial charge >= 0.3 is 0 Å². The molecule has 1 fully saturated rings. The van der Waals surface area contributed by atoms with Gasteiger partial charge in [0.15, 0.2) is 0 Å². The number of aromatic nitrogens is 3. The maximum atomic E-state index is 12.7. The minimum absolute atomic E-state index is 0.0704. The first-order chi connectivity index (χ1) is 25.9. The molecule has 6 aromatic rings. The highest BCUT2D eigenvalue weighted by Gasteiger charge is 2.21. The van der Waals surface area contributed by atoms with Gasteiger partial charge in [-0.1, -0.05) is 83.5 Å². The Labute approximate surface area is 316 Å². The summed E-state index contributed by atoms with van der Waals surface area (Å²) in [6.07, 6.45) is 2.22. The summed E-state index contributed by atoms with van der Waals surface area (Å²) in [5, 5.41) is 22.4. The van der Waals surface area contributed by atoms with Gasteiger partial charge in [0.25, 0.3) is 5.91 Å². The number of ether oxygens (including phenoxy) is 1. The van der Waals surface area contributed by atoms with Crippen LogP contribution >= 0.6 is 22.9 Å². The molecule has 0 spiro atoms. The molecule has 4 aromatic carbocycles. The molecule has 270 valence electrons. The fourth-order valence-electron chi connectivity index (χ4n) is 5.88. The molecule has 13 heteroatoms. The number of hydrazone groups is 1. The van der Waals surface area contributed by atoms with Crippen LogP contribution < -0.4 is 5.43 Å². The number of amides is 1. The third kappa shape index (κ3) is 10.2. The number of thiazole rings is 1. The molecule has 0 bridgehead atoms. The van der Waals surface area contributed by atoms with Crippen LogP contribution in [0.5, 0.6) is 5.75 Å². The van der Waals surface area contributed by atoms with E-state index in [0.29, 0.717) is 55.1 Å². The average molecular weight is 748 g/mol. The van der Waals surface area contributed by atoms with E-state index < -0.39 is 0 Å². The van der Waals surface area contributed by atoms with Crippen LogP contribution in [-0.2, 0) is 35.7 Å². The molecule has 0 atom stereocenters. The van der Waals surface area contributed by atoms with Gasteiger partial charge in [0.1, 0.15) is 5.75 Å². The van der Waals surface area contributed by atoms with Crippen LogP contribution in [-0.4, -0.2) is 74.9 Å². The van der Waals surface area contributed by atoms with Gasteiger partial charge in [-0.25, -0.2) is 10.4 Å². The van der Waals surface area contributed by atoms with Crippen LogP contribution in [0.15, 0.2) is 112 Å². The summed E-state index contributed by atoms with van der Waals surface area (Å²) in [5.41, 5.74) is 8.97. The van der Waals surface area contributed by atoms with Gasteiger partial charge in [-0.3, -0.25) is 14.6 Å². The molecule has 0 radical (unpaired) electrons. The molecule has 0 unspecified atom stereocenters. The first-order valence-corrected chi connectivity index (χ1v) is 18.5. The Bertz CT molecular complexity index is 2130. The highest BCUT2D eigenvalue weighted by molar-refractivity contribution is 7.10. The number of aromatic hydroxyl groups is 1. The van der Waals surface area contributed by atoms with Crippen LogP contribution in [0.25, 0.3) is 22.6 Å². The molecule has 3 heterocycles. The molecule has 1 aliphatic heterocycles. The SMILES string of the molecule is O=C(CN1CCN(Cc2nc(-c3ccc(COCc4ccc(Cl)cc4)cc3)no2)CC1)N/N=C/c1cc(-c2csc(Cc3ccccc3)n2)ccc1O. The number of benzene rings is 4. The van der Waals surface area contributed by atoms with E-state index in [9.17, 15) is 9.90 Å². The normalized spacial score (nSPS) is 13.8. The fraction of sp³-hybridized carbons (Fsp3) is 0.225. The quantitative estimate of drug-likeness (QED) is 0.0914. The Kier molecular flexibility index (Phi) is 11.9. The zero-order chi connectivity index (χ0) is 36.4. The molecule has 7 rings (SSSR count). The van der Waals surface area contributed by atoms with Crippen LogP contribution in [0, 0.1) is 0 Å². The number of carbonyl (C=O) groups is 1. The summed E-state index contributed by atoms with van der Waals surface area (Å²) < 4.78 is 11.4. The van der Waals surface area contributed by atoms with E-state index in [-0.39, 0.29) is 18.2 Å². The van der Waals surface area contributed by atoms with E-state index in [2.05, 4.69) is 42.6 Å². The summed E-state index contributed by atoms with van der Waals surface area (Å²) >= 11 is 7.55. The predicted octanol–water partition coefficient (Wildman–Crippen LogP) is 6.79. The van der Waals surface area contributed by atoms with Gasteiger partial charge in [-0.2, -0.15) is 10.1 Å². The van der Waals surface area contributed by atoms with Crippen molar-refractivity contribution in [3.63, 3.8) is 0 Å². The molecule has 0 aliphatic carbocycles. The summed E-state index contributed by atoms with van der Waals surface area (Å²) in [5.74, 6) is 0.934. The minimum Gasteiger partial charge on any atom is -0.507 e. The Hall–Kier alpha value is -5.24. The molecular weight excluding hydrogens is 710 g/mol. The smallest absolute Gasteiger partial charge is 0.254 e. The number of nitrogens with one attached hydrogen (secondary N) is 1. The zero-order valence-corrected chi connectivity index (χ0v) is 30.5. The molecule has 0 saturated carbocycles. The van der Waals surface area contributed by atoms with Gasteiger partial charge in [-0.15, -0.1) is 11.3 Å².